The number of aromatic nitrogens is 3. The van der Waals surface area contributed by atoms with E-state index in [0.717, 1.165) is 23.3 Å². The van der Waals surface area contributed by atoms with Gasteiger partial charge in [0, 0.05) is 6.54 Å². The van der Waals surface area contributed by atoms with Crippen LogP contribution in [-0.2, 0) is 11.3 Å². The summed E-state index contributed by atoms with van der Waals surface area (Å²) >= 11 is 1.37. The predicted octanol–water partition coefficient (Wildman–Crippen LogP) is 5.14. The van der Waals surface area contributed by atoms with Gasteiger partial charge >= 0.3 is 0 Å². The second kappa shape index (κ2) is 11.5. The first-order valence-corrected chi connectivity index (χ1v) is 11.7. The van der Waals surface area contributed by atoms with Gasteiger partial charge in [0.25, 0.3) is 0 Å². The molecule has 1 heterocycles. The van der Waals surface area contributed by atoms with Gasteiger partial charge in [-0.1, -0.05) is 74.1 Å². The predicted molar refractivity (Wildman–Crippen MR) is 130 cm³/mol. The fourth-order valence-electron chi connectivity index (χ4n) is 3.52. The highest BCUT2D eigenvalue weighted by Gasteiger charge is 2.19. The van der Waals surface area contributed by atoms with Crippen molar-refractivity contribution in [1.29, 1.82) is 0 Å². The third kappa shape index (κ3) is 6.01. The van der Waals surface area contributed by atoms with E-state index >= 15 is 0 Å². The van der Waals surface area contributed by atoms with Crippen LogP contribution in [0.1, 0.15) is 31.9 Å². The highest BCUT2D eigenvalue weighted by molar-refractivity contribution is 7.99. The number of thioether (sulfide) groups is 1. The average Bonchev–Trinajstić information content (AvgIpc) is 3.20. The Morgan fingerprint density at radius 3 is 2.56 bits per heavy atom. The lowest BCUT2D eigenvalue weighted by atomic mass is 9.97. The van der Waals surface area contributed by atoms with E-state index in [1.54, 1.807) is 13.2 Å². The summed E-state index contributed by atoms with van der Waals surface area (Å²) in [4.78, 5) is 12.8. The lowest BCUT2D eigenvalue weighted by Crippen LogP contribution is -2.31. The van der Waals surface area contributed by atoms with Crippen molar-refractivity contribution in [3.05, 3.63) is 72.8 Å². The number of rotatable bonds is 11. The van der Waals surface area contributed by atoms with Gasteiger partial charge in [-0.2, -0.15) is 0 Å². The van der Waals surface area contributed by atoms with Crippen LogP contribution in [0.3, 0.4) is 0 Å². The summed E-state index contributed by atoms with van der Waals surface area (Å²) in [7, 11) is 1.63. The van der Waals surface area contributed by atoms with Gasteiger partial charge in [-0.25, -0.2) is 0 Å². The number of hydrogen-bond acceptors (Lipinski definition) is 5. The Bertz CT molecular complexity index is 1030. The molecule has 0 bridgehead atoms. The summed E-state index contributed by atoms with van der Waals surface area (Å²) < 4.78 is 7.43. The van der Waals surface area contributed by atoms with E-state index in [2.05, 4.69) is 48.1 Å². The summed E-state index contributed by atoms with van der Waals surface area (Å²) in [6.45, 7) is 8.71. The quantitative estimate of drug-likeness (QED) is 0.324. The number of carbonyl (C=O) groups excluding carboxylic acids is 1. The third-order valence-corrected chi connectivity index (χ3v) is 5.92. The lowest BCUT2D eigenvalue weighted by molar-refractivity contribution is -0.119. The zero-order valence-electron chi connectivity index (χ0n) is 18.8. The Labute approximate surface area is 194 Å². The summed E-state index contributed by atoms with van der Waals surface area (Å²) in [5.74, 6) is 2.10. The van der Waals surface area contributed by atoms with Gasteiger partial charge in [0.1, 0.15) is 5.75 Å². The monoisotopic (exact) mass is 450 g/mol. The Kier molecular flexibility index (Phi) is 8.50. The van der Waals surface area contributed by atoms with Crippen LogP contribution in [0.5, 0.6) is 5.75 Å². The molecule has 0 radical (unpaired) electrons. The standard InChI is InChI=1S/C25H30N4O2S/c1-5-15-29-24(20-13-9-10-14-22(20)31-4)27-28-25(29)32-17-23(30)26-21(16-18(2)3)19-11-7-6-8-12-19/h5-14,18,21H,1,15-17H2,2-4H3,(H,26,30). The summed E-state index contributed by atoms with van der Waals surface area (Å²) in [5.41, 5.74) is 1.97. The molecule has 0 saturated carbocycles. The zero-order valence-corrected chi connectivity index (χ0v) is 19.6. The maximum Gasteiger partial charge on any atom is 0.230 e. The van der Waals surface area contributed by atoms with Gasteiger partial charge in [-0.3, -0.25) is 9.36 Å². The number of methoxy groups -OCH3 is 1. The van der Waals surface area contributed by atoms with E-state index in [1.165, 1.54) is 11.8 Å². The first kappa shape index (κ1) is 23.6. The van der Waals surface area contributed by atoms with Crippen LogP contribution in [0.25, 0.3) is 11.4 Å². The number of nitrogens with one attached hydrogen (secondary N) is 1. The minimum Gasteiger partial charge on any atom is -0.496 e. The van der Waals surface area contributed by atoms with Crippen LogP contribution in [0.2, 0.25) is 0 Å². The first-order chi connectivity index (χ1) is 15.5. The summed E-state index contributed by atoms with van der Waals surface area (Å²) in [6.07, 6.45) is 2.67. The van der Waals surface area contributed by atoms with Crippen LogP contribution < -0.4 is 10.1 Å². The van der Waals surface area contributed by atoms with Gasteiger partial charge in [-0.05, 0) is 30.0 Å². The van der Waals surface area contributed by atoms with Crippen LogP contribution in [-0.4, -0.2) is 33.5 Å². The first-order valence-electron chi connectivity index (χ1n) is 10.7. The summed E-state index contributed by atoms with van der Waals surface area (Å²) in [6, 6.07) is 17.8. The van der Waals surface area contributed by atoms with E-state index in [9.17, 15) is 4.79 Å². The molecular formula is C25H30N4O2S. The fourth-order valence-corrected chi connectivity index (χ4v) is 4.28. The second-order valence-electron chi connectivity index (χ2n) is 7.85. The molecule has 32 heavy (non-hydrogen) atoms. The Hall–Kier alpha value is -3.06. The van der Waals surface area contributed by atoms with Gasteiger partial charge in [0.15, 0.2) is 11.0 Å². The maximum atomic E-state index is 12.8. The number of nitrogens with zero attached hydrogens (tertiary/aromatic N) is 3. The van der Waals surface area contributed by atoms with Gasteiger partial charge in [0.2, 0.25) is 5.91 Å². The van der Waals surface area contributed by atoms with Crippen molar-refractivity contribution < 1.29 is 9.53 Å². The molecule has 168 valence electrons. The zero-order chi connectivity index (χ0) is 22.9. The van der Waals surface area contributed by atoms with Crippen molar-refractivity contribution in [3.63, 3.8) is 0 Å². The molecule has 0 spiro atoms. The number of benzene rings is 2. The third-order valence-electron chi connectivity index (χ3n) is 4.95. The van der Waals surface area contributed by atoms with E-state index in [1.807, 2.05) is 47.0 Å². The molecule has 1 amide bonds. The molecule has 1 aromatic heterocycles. The van der Waals surface area contributed by atoms with Gasteiger partial charge in [-0.15, -0.1) is 16.8 Å². The van der Waals surface area contributed by atoms with E-state index < -0.39 is 0 Å². The molecule has 0 fully saturated rings. The van der Waals surface area contributed by atoms with Crippen LogP contribution in [0, 0.1) is 5.92 Å². The smallest absolute Gasteiger partial charge is 0.230 e. The Morgan fingerprint density at radius 2 is 1.88 bits per heavy atom. The normalized spacial score (nSPS) is 11.9. The van der Waals surface area contributed by atoms with Gasteiger partial charge < -0.3 is 10.1 Å². The number of hydrogen-bond donors (Lipinski definition) is 1. The van der Waals surface area contributed by atoms with Gasteiger partial charge in [0.05, 0.1) is 24.5 Å². The number of carbonyl (C=O) groups is 1. The highest BCUT2D eigenvalue weighted by atomic mass is 32.2. The van der Waals surface area contributed by atoms with Crippen LogP contribution in [0.4, 0.5) is 0 Å². The molecule has 0 saturated heterocycles. The molecule has 0 aliphatic rings. The number of allylic oxidation sites excluding steroid dienone is 1. The molecule has 1 atom stereocenters. The molecule has 3 aromatic rings. The second-order valence-corrected chi connectivity index (χ2v) is 8.80. The van der Waals surface area contributed by atoms with Crippen LogP contribution >= 0.6 is 11.8 Å². The molecule has 2 aromatic carbocycles. The number of ether oxygens (including phenoxy) is 1. The average molecular weight is 451 g/mol. The number of amides is 1. The minimum atomic E-state index is -0.0310. The highest BCUT2D eigenvalue weighted by Crippen LogP contribution is 2.31. The molecular weight excluding hydrogens is 420 g/mol. The Balaban J connectivity index is 1.74. The molecule has 7 heteroatoms. The molecule has 3 rings (SSSR count). The summed E-state index contributed by atoms with van der Waals surface area (Å²) in [5, 5.41) is 12.6. The van der Waals surface area contributed by atoms with Crippen molar-refractivity contribution in [1.82, 2.24) is 20.1 Å². The van der Waals surface area contributed by atoms with E-state index in [0.29, 0.717) is 23.4 Å². The fraction of sp³-hybridized carbons (Fsp3) is 0.320. The van der Waals surface area contributed by atoms with Crippen molar-refractivity contribution in [2.75, 3.05) is 12.9 Å². The Morgan fingerprint density at radius 1 is 1.16 bits per heavy atom. The molecule has 1 N–H and O–H groups in total. The minimum absolute atomic E-state index is 0.0144. The largest absolute Gasteiger partial charge is 0.496 e. The molecule has 0 aliphatic carbocycles. The number of para-hydroxylation sites is 1. The van der Waals surface area contributed by atoms with Crippen molar-refractivity contribution in [2.45, 2.75) is 38.0 Å². The maximum absolute atomic E-state index is 12.8. The molecule has 0 aliphatic heterocycles. The van der Waals surface area contributed by atoms with Crippen molar-refractivity contribution >= 4 is 17.7 Å². The van der Waals surface area contributed by atoms with Crippen molar-refractivity contribution in [2.24, 2.45) is 5.92 Å². The topological polar surface area (TPSA) is 69.0 Å². The lowest BCUT2D eigenvalue weighted by Gasteiger charge is -2.21. The SMILES string of the molecule is C=CCn1c(SCC(=O)NC(CC(C)C)c2ccccc2)nnc1-c1ccccc1OC. The van der Waals surface area contributed by atoms with Crippen LogP contribution in [0.15, 0.2) is 72.4 Å². The van der Waals surface area contributed by atoms with Crippen molar-refractivity contribution in [3.8, 4) is 17.1 Å². The molecule has 1 unspecified atom stereocenters. The molecule has 6 nitrogen and oxygen atoms in total. The van der Waals surface area contributed by atoms with E-state index in [-0.39, 0.29) is 17.7 Å². The van der Waals surface area contributed by atoms with E-state index in [4.69, 9.17) is 4.74 Å².